The van der Waals surface area contributed by atoms with Crippen LogP contribution in [-0.2, 0) is 9.59 Å². The Morgan fingerprint density at radius 1 is 0.578 bits per heavy atom. The molecular formula is C40H53ClO4. The van der Waals surface area contributed by atoms with Gasteiger partial charge in [-0.15, -0.1) is 12.4 Å². The van der Waals surface area contributed by atoms with Gasteiger partial charge in [0, 0.05) is 0 Å². The van der Waals surface area contributed by atoms with Gasteiger partial charge in [0.05, 0.1) is 0 Å². The van der Waals surface area contributed by atoms with Gasteiger partial charge in [-0.05, 0) is 87.5 Å². The molecule has 2 aliphatic rings. The molecule has 0 aliphatic heterocycles. The second-order valence-electron chi connectivity index (χ2n) is 13.4. The van der Waals surface area contributed by atoms with Crippen molar-refractivity contribution >= 4 is 24.0 Å². The van der Waals surface area contributed by atoms with Gasteiger partial charge in [-0.1, -0.05) is 135 Å². The predicted octanol–water partition coefficient (Wildman–Crippen LogP) is 9.33. The molecule has 0 aromatic carbocycles. The van der Waals surface area contributed by atoms with Crippen LogP contribution in [0.3, 0.4) is 0 Å². The zero-order valence-corrected chi connectivity index (χ0v) is 29.6. The number of carbonyl (C=O) groups excluding carboxylic acids is 2. The standard InChI is InChI=1S/C40H52O4.ClH/c1-27(17-13-19-29(3)21-23-33-31(5)37(43)35(41)25-39(33,7)8)15-11-12-16-28(2)18-14-20-30(4)22-24-34-32(6)38(44)36(42)26-40(34,9)10;/h11-24,35-36,41-42H,25-26H2,1-10H3;1H/b12-11+,17-13+,18-14+,23-21+,24-22+,27-15+,28-16+,29-19+,30-20+;/t35-,36-;/m0./s1. The van der Waals surface area contributed by atoms with Crippen molar-refractivity contribution in [2.45, 2.75) is 94.3 Å². The van der Waals surface area contributed by atoms with E-state index in [-0.39, 0.29) is 34.8 Å². The molecule has 0 saturated heterocycles. The van der Waals surface area contributed by atoms with E-state index in [1.54, 1.807) is 13.8 Å². The van der Waals surface area contributed by atoms with Crippen LogP contribution in [0.25, 0.3) is 0 Å². The Morgan fingerprint density at radius 3 is 1.20 bits per heavy atom. The highest BCUT2D eigenvalue weighted by Gasteiger charge is 2.37. The van der Waals surface area contributed by atoms with Gasteiger partial charge < -0.3 is 10.2 Å². The Hall–Kier alpha value is -3.31. The molecule has 0 radical (unpaired) electrons. The highest BCUT2D eigenvalue weighted by atomic mass is 35.5. The van der Waals surface area contributed by atoms with Gasteiger partial charge in [-0.25, -0.2) is 0 Å². The lowest BCUT2D eigenvalue weighted by molar-refractivity contribution is -0.126. The van der Waals surface area contributed by atoms with Crippen molar-refractivity contribution in [1.29, 1.82) is 0 Å². The summed E-state index contributed by atoms with van der Waals surface area (Å²) in [5, 5.41) is 20.0. The van der Waals surface area contributed by atoms with Gasteiger partial charge in [-0.2, -0.15) is 0 Å². The summed E-state index contributed by atoms with van der Waals surface area (Å²) in [5.74, 6) is -0.350. The van der Waals surface area contributed by atoms with E-state index in [2.05, 4.69) is 65.8 Å². The van der Waals surface area contributed by atoms with Crippen molar-refractivity contribution in [3.8, 4) is 0 Å². The molecule has 0 saturated carbocycles. The summed E-state index contributed by atoms with van der Waals surface area (Å²) >= 11 is 0. The first-order valence-corrected chi connectivity index (χ1v) is 15.4. The minimum absolute atomic E-state index is 0. The average molecular weight is 633 g/mol. The third kappa shape index (κ3) is 11.9. The van der Waals surface area contributed by atoms with Crippen molar-refractivity contribution in [2.75, 3.05) is 0 Å². The molecule has 0 unspecified atom stereocenters. The smallest absolute Gasteiger partial charge is 0.187 e. The van der Waals surface area contributed by atoms with Crippen LogP contribution < -0.4 is 0 Å². The fraction of sp³-hybridized carbons (Fsp3) is 0.400. The highest BCUT2D eigenvalue weighted by Crippen LogP contribution is 2.40. The molecule has 0 aromatic heterocycles. The maximum atomic E-state index is 12.2. The first-order chi connectivity index (χ1) is 20.5. The Bertz CT molecular complexity index is 1350. The Balaban J connectivity index is 0.0000101. The van der Waals surface area contributed by atoms with Gasteiger partial charge in [0.1, 0.15) is 12.2 Å². The second kappa shape index (κ2) is 17.4. The molecule has 45 heavy (non-hydrogen) atoms. The number of hydrogen-bond donors (Lipinski definition) is 2. The molecule has 0 spiro atoms. The summed E-state index contributed by atoms with van der Waals surface area (Å²) in [5.41, 5.74) is 7.16. The van der Waals surface area contributed by atoms with Gasteiger partial charge in [-0.3, -0.25) is 9.59 Å². The lowest BCUT2D eigenvalue weighted by Crippen LogP contribution is -2.35. The lowest BCUT2D eigenvalue weighted by Gasteiger charge is -2.34. The molecule has 2 aliphatic carbocycles. The van der Waals surface area contributed by atoms with Crippen molar-refractivity contribution in [1.82, 2.24) is 0 Å². The normalized spacial score (nSPS) is 24.0. The van der Waals surface area contributed by atoms with E-state index in [1.165, 1.54) is 0 Å². The van der Waals surface area contributed by atoms with E-state index in [0.717, 1.165) is 33.4 Å². The maximum Gasteiger partial charge on any atom is 0.187 e. The van der Waals surface area contributed by atoms with Crippen LogP contribution in [0.5, 0.6) is 0 Å². The number of Topliss-reactive ketones (excluding diaryl/α,β-unsaturated/α-hetero) is 2. The highest BCUT2D eigenvalue weighted by molar-refractivity contribution is 6.01. The fourth-order valence-corrected chi connectivity index (χ4v) is 5.62. The molecule has 0 fully saturated rings. The third-order valence-electron chi connectivity index (χ3n) is 8.31. The first kappa shape index (κ1) is 39.7. The molecule has 0 amide bonds. The SMILES string of the molecule is CC1=C(/C=C/C(C)=C/C=C/C(C)=C/C=C/C=C(C)/C=C/C=C(C)/C=C/C2=C(C)C(=O)[C@@H](O)CC2(C)C)C(C)(C)C[C@H](O)C1=O.Cl. The molecule has 2 atom stereocenters. The maximum absolute atomic E-state index is 12.2. The van der Waals surface area contributed by atoms with Crippen LogP contribution in [0.2, 0.25) is 0 Å². The van der Waals surface area contributed by atoms with Crippen LogP contribution in [0, 0.1) is 10.8 Å². The summed E-state index contributed by atoms with van der Waals surface area (Å²) in [6.45, 7) is 20.0. The van der Waals surface area contributed by atoms with E-state index < -0.39 is 12.2 Å². The summed E-state index contributed by atoms with van der Waals surface area (Å²) in [7, 11) is 0. The minimum atomic E-state index is -0.907. The summed E-state index contributed by atoms with van der Waals surface area (Å²) in [6.07, 6.45) is 27.5. The topological polar surface area (TPSA) is 74.6 Å². The Kier molecular flexibility index (Phi) is 15.4. The number of halogens is 1. The Labute approximate surface area is 277 Å². The lowest BCUT2D eigenvalue weighted by atomic mass is 9.71. The summed E-state index contributed by atoms with van der Waals surface area (Å²) < 4.78 is 0. The molecule has 2 rings (SSSR count). The number of ketones is 2. The number of allylic oxidation sites excluding steroid dienone is 20. The quantitative estimate of drug-likeness (QED) is 0.235. The summed E-state index contributed by atoms with van der Waals surface area (Å²) in [4.78, 5) is 24.5. The largest absolute Gasteiger partial charge is 0.385 e. The van der Waals surface area contributed by atoms with E-state index in [1.807, 2.05) is 74.6 Å². The van der Waals surface area contributed by atoms with Gasteiger partial charge >= 0.3 is 0 Å². The molecule has 0 bridgehead atoms. The average Bonchev–Trinajstić information content (AvgIpc) is 2.92. The van der Waals surface area contributed by atoms with E-state index in [0.29, 0.717) is 24.0 Å². The minimum Gasteiger partial charge on any atom is -0.385 e. The number of aliphatic hydroxyl groups is 2. The molecule has 0 heterocycles. The van der Waals surface area contributed by atoms with E-state index >= 15 is 0 Å². The summed E-state index contributed by atoms with van der Waals surface area (Å²) in [6, 6.07) is 0. The number of rotatable bonds is 10. The van der Waals surface area contributed by atoms with Gasteiger partial charge in [0.2, 0.25) is 0 Å². The number of carbonyl (C=O) groups is 2. The van der Waals surface area contributed by atoms with Crippen LogP contribution in [0.1, 0.15) is 82.1 Å². The van der Waals surface area contributed by atoms with Gasteiger partial charge in [0.15, 0.2) is 11.6 Å². The second-order valence-corrected chi connectivity index (χ2v) is 13.4. The fourth-order valence-electron chi connectivity index (χ4n) is 5.62. The number of hydrogen-bond acceptors (Lipinski definition) is 4. The van der Waals surface area contributed by atoms with Gasteiger partial charge in [0.25, 0.3) is 0 Å². The monoisotopic (exact) mass is 632 g/mol. The van der Waals surface area contributed by atoms with Crippen LogP contribution in [-0.4, -0.2) is 34.0 Å². The Morgan fingerprint density at radius 2 is 0.867 bits per heavy atom. The molecular weight excluding hydrogens is 580 g/mol. The molecule has 5 heteroatoms. The van der Waals surface area contributed by atoms with Crippen molar-refractivity contribution in [3.63, 3.8) is 0 Å². The molecule has 2 N–H and O–H groups in total. The number of aliphatic hydroxyl groups excluding tert-OH is 2. The molecule has 0 aromatic rings. The third-order valence-corrected chi connectivity index (χ3v) is 8.31. The zero-order valence-electron chi connectivity index (χ0n) is 28.8. The van der Waals surface area contributed by atoms with E-state index in [4.69, 9.17) is 0 Å². The van der Waals surface area contributed by atoms with Crippen LogP contribution in [0.4, 0.5) is 0 Å². The first-order valence-electron chi connectivity index (χ1n) is 15.4. The molecule has 244 valence electrons. The van der Waals surface area contributed by atoms with Crippen molar-refractivity contribution in [2.24, 2.45) is 10.8 Å². The van der Waals surface area contributed by atoms with Crippen LogP contribution >= 0.6 is 12.4 Å². The van der Waals surface area contributed by atoms with Crippen LogP contribution in [0.15, 0.2) is 130 Å². The predicted molar refractivity (Wildman–Crippen MR) is 192 cm³/mol. The van der Waals surface area contributed by atoms with Crippen molar-refractivity contribution in [3.05, 3.63) is 130 Å². The zero-order chi connectivity index (χ0) is 33.2. The molecule has 4 nitrogen and oxygen atoms in total. The van der Waals surface area contributed by atoms with E-state index in [9.17, 15) is 19.8 Å². The van der Waals surface area contributed by atoms with Crippen molar-refractivity contribution < 1.29 is 19.8 Å².